The van der Waals surface area contributed by atoms with Crippen LogP contribution in [0.15, 0.2) is 4.99 Å². The number of aliphatic imine (C=N–C) groups is 1. The first-order valence-corrected chi connectivity index (χ1v) is 10.8. The molecule has 1 saturated carbocycles. The molecule has 1 heterocycles. The number of ether oxygens (including phenoxy) is 1. The lowest BCUT2D eigenvalue weighted by atomic mass is 9.75. The first-order valence-electron chi connectivity index (χ1n) is 10.8. The van der Waals surface area contributed by atoms with Crippen LogP contribution in [0.4, 0.5) is 0 Å². The molecule has 1 N–H and O–H groups in total. The molecule has 2 fully saturated rings. The van der Waals surface area contributed by atoms with E-state index < -0.39 is 0 Å². The Balaban J connectivity index is 0.00000392. The van der Waals surface area contributed by atoms with Crippen LogP contribution in [0.5, 0.6) is 0 Å². The highest BCUT2D eigenvalue weighted by Crippen LogP contribution is 2.36. The van der Waals surface area contributed by atoms with Crippen molar-refractivity contribution >= 4 is 35.9 Å². The highest BCUT2D eigenvalue weighted by atomic mass is 127. The Morgan fingerprint density at radius 1 is 1.25 bits per heavy atom. The van der Waals surface area contributed by atoms with Crippen LogP contribution in [0.1, 0.15) is 59.3 Å². The van der Waals surface area contributed by atoms with Crippen LogP contribution in [0, 0.1) is 11.8 Å². The summed E-state index contributed by atoms with van der Waals surface area (Å²) in [4.78, 5) is 21.8. The van der Waals surface area contributed by atoms with E-state index in [0.29, 0.717) is 6.61 Å². The maximum Gasteiger partial charge on any atom is 0.309 e. The molecule has 0 spiro atoms. The molecule has 0 bridgehead atoms. The molecule has 6 nitrogen and oxygen atoms in total. The average Bonchev–Trinajstić information content (AvgIpc) is 2.65. The quantitative estimate of drug-likeness (QED) is 0.258. The smallest absolute Gasteiger partial charge is 0.309 e. The van der Waals surface area contributed by atoms with Gasteiger partial charge in [0.1, 0.15) is 0 Å². The van der Waals surface area contributed by atoms with E-state index in [2.05, 4.69) is 43.1 Å². The van der Waals surface area contributed by atoms with Crippen molar-refractivity contribution < 1.29 is 9.53 Å². The molecule has 2 aliphatic rings. The molecule has 0 aromatic heterocycles. The zero-order valence-electron chi connectivity index (χ0n) is 18.5. The first-order chi connectivity index (χ1) is 12.9. The number of likely N-dealkylation sites (N-methyl/N-ethyl adjacent to an activating group) is 1. The van der Waals surface area contributed by atoms with Gasteiger partial charge in [-0.1, -0.05) is 19.8 Å². The minimum absolute atomic E-state index is 0. The van der Waals surface area contributed by atoms with E-state index in [0.717, 1.165) is 50.9 Å². The van der Waals surface area contributed by atoms with Crippen LogP contribution in [0.3, 0.4) is 0 Å². The second-order valence-electron chi connectivity index (χ2n) is 8.50. The third-order valence-electron chi connectivity index (χ3n) is 6.29. The van der Waals surface area contributed by atoms with Gasteiger partial charge in [0.05, 0.1) is 19.1 Å². The third kappa shape index (κ3) is 6.75. The number of esters is 1. The molecule has 28 heavy (non-hydrogen) atoms. The predicted octanol–water partition coefficient (Wildman–Crippen LogP) is 3.36. The van der Waals surface area contributed by atoms with Gasteiger partial charge in [-0.15, -0.1) is 24.0 Å². The standard InChI is InChI=1S/C21H40N4O2.HI/c1-6-22-20(25-13-10-18(11-14-25)19(26)27-7-2)23-16-21(24(4)5)12-8-9-17(3)15-21;/h17-18H,6-16H2,1-5H3,(H,22,23);1H. The Hall–Kier alpha value is -0.570. The summed E-state index contributed by atoms with van der Waals surface area (Å²) < 4.78 is 5.19. The number of piperidine rings is 1. The highest BCUT2D eigenvalue weighted by Gasteiger charge is 2.37. The van der Waals surface area contributed by atoms with Crippen LogP contribution in [-0.2, 0) is 9.53 Å². The molecule has 1 aliphatic heterocycles. The van der Waals surface area contributed by atoms with Crippen LogP contribution in [-0.4, -0.2) is 74.1 Å². The maximum absolute atomic E-state index is 12.0. The second kappa shape index (κ2) is 12.2. The van der Waals surface area contributed by atoms with E-state index in [1.54, 1.807) is 0 Å². The maximum atomic E-state index is 12.0. The van der Waals surface area contributed by atoms with Gasteiger partial charge in [-0.3, -0.25) is 9.79 Å². The molecule has 2 rings (SSSR count). The molecule has 164 valence electrons. The lowest BCUT2D eigenvalue weighted by Gasteiger charge is -2.44. The van der Waals surface area contributed by atoms with Crippen LogP contribution in [0.25, 0.3) is 0 Å². The predicted molar refractivity (Wildman–Crippen MR) is 126 cm³/mol. The van der Waals surface area contributed by atoms with Crippen molar-refractivity contribution in [3.8, 4) is 0 Å². The molecular weight excluding hydrogens is 467 g/mol. The van der Waals surface area contributed by atoms with Gasteiger partial charge in [-0.25, -0.2) is 0 Å². The van der Waals surface area contributed by atoms with E-state index in [9.17, 15) is 4.79 Å². The molecule has 2 unspecified atom stereocenters. The molecule has 0 amide bonds. The normalized spacial score (nSPS) is 26.7. The van der Waals surface area contributed by atoms with Crippen LogP contribution >= 0.6 is 24.0 Å². The number of hydrogen-bond donors (Lipinski definition) is 1. The Morgan fingerprint density at radius 3 is 2.46 bits per heavy atom. The fourth-order valence-corrected chi connectivity index (χ4v) is 4.56. The zero-order valence-corrected chi connectivity index (χ0v) is 20.8. The van der Waals surface area contributed by atoms with Gasteiger partial charge < -0.3 is 19.9 Å². The van der Waals surface area contributed by atoms with Gasteiger partial charge in [-0.05, 0) is 59.5 Å². The molecule has 1 saturated heterocycles. The Bertz CT molecular complexity index is 507. The van der Waals surface area contributed by atoms with Gasteiger partial charge >= 0.3 is 5.97 Å². The van der Waals surface area contributed by atoms with Crippen molar-refractivity contribution in [1.29, 1.82) is 0 Å². The highest BCUT2D eigenvalue weighted by molar-refractivity contribution is 14.0. The van der Waals surface area contributed by atoms with Crippen molar-refractivity contribution in [1.82, 2.24) is 15.1 Å². The van der Waals surface area contributed by atoms with Crippen molar-refractivity contribution in [3.63, 3.8) is 0 Å². The second-order valence-corrected chi connectivity index (χ2v) is 8.50. The largest absolute Gasteiger partial charge is 0.466 e. The van der Waals surface area contributed by atoms with E-state index in [4.69, 9.17) is 9.73 Å². The van der Waals surface area contributed by atoms with E-state index in [-0.39, 0.29) is 41.4 Å². The Kier molecular flexibility index (Phi) is 11.1. The fraction of sp³-hybridized carbons (Fsp3) is 0.905. The minimum atomic E-state index is -0.0400. The van der Waals surface area contributed by atoms with Crippen molar-refractivity contribution in [2.45, 2.75) is 64.8 Å². The number of carbonyl (C=O) groups is 1. The van der Waals surface area contributed by atoms with Gasteiger partial charge in [0.15, 0.2) is 5.96 Å². The summed E-state index contributed by atoms with van der Waals surface area (Å²) >= 11 is 0. The van der Waals surface area contributed by atoms with E-state index >= 15 is 0 Å². The topological polar surface area (TPSA) is 57.2 Å². The van der Waals surface area contributed by atoms with Crippen LogP contribution < -0.4 is 5.32 Å². The van der Waals surface area contributed by atoms with Crippen LogP contribution in [0.2, 0.25) is 0 Å². The SMILES string of the molecule is CCNC(=NCC1(N(C)C)CCCC(C)C1)N1CCC(C(=O)OCC)CC1.I. The zero-order chi connectivity index (χ0) is 19.9. The Labute approximate surface area is 188 Å². The molecule has 0 aromatic carbocycles. The fourth-order valence-electron chi connectivity index (χ4n) is 4.56. The third-order valence-corrected chi connectivity index (χ3v) is 6.29. The van der Waals surface area contributed by atoms with E-state index in [1.165, 1.54) is 25.7 Å². The molecule has 2 atom stereocenters. The van der Waals surface area contributed by atoms with Gasteiger partial charge in [-0.2, -0.15) is 0 Å². The number of halogens is 1. The lowest BCUT2D eigenvalue weighted by molar-refractivity contribution is -0.149. The molecule has 0 aromatic rings. The van der Waals surface area contributed by atoms with Crippen molar-refractivity contribution in [3.05, 3.63) is 0 Å². The van der Waals surface area contributed by atoms with Gasteiger partial charge in [0, 0.05) is 25.2 Å². The summed E-state index contributed by atoms with van der Waals surface area (Å²) in [6.07, 6.45) is 6.75. The average molecular weight is 508 g/mol. The number of nitrogens with one attached hydrogen (secondary N) is 1. The van der Waals surface area contributed by atoms with E-state index in [1.807, 2.05) is 6.92 Å². The van der Waals surface area contributed by atoms with Gasteiger partial charge in [0.25, 0.3) is 0 Å². The summed E-state index contributed by atoms with van der Waals surface area (Å²) in [5.41, 5.74) is 0.168. The summed E-state index contributed by atoms with van der Waals surface area (Å²) in [6, 6.07) is 0. The van der Waals surface area contributed by atoms with Crippen molar-refractivity contribution in [2.75, 3.05) is 46.9 Å². The summed E-state index contributed by atoms with van der Waals surface area (Å²) in [5.74, 6) is 1.76. The number of hydrogen-bond acceptors (Lipinski definition) is 4. The summed E-state index contributed by atoms with van der Waals surface area (Å²) in [6.45, 7) is 10.2. The number of guanidine groups is 1. The summed E-state index contributed by atoms with van der Waals surface area (Å²) in [5, 5.41) is 3.47. The molecule has 7 heteroatoms. The Morgan fingerprint density at radius 2 is 1.93 bits per heavy atom. The molecule has 1 aliphatic carbocycles. The monoisotopic (exact) mass is 508 g/mol. The molecule has 0 radical (unpaired) electrons. The minimum Gasteiger partial charge on any atom is -0.466 e. The number of carbonyl (C=O) groups excluding carboxylic acids is 1. The van der Waals surface area contributed by atoms with Crippen molar-refractivity contribution in [2.24, 2.45) is 16.8 Å². The number of rotatable bonds is 6. The van der Waals surface area contributed by atoms with Gasteiger partial charge in [0.2, 0.25) is 0 Å². The first kappa shape index (κ1) is 25.5. The number of nitrogens with zero attached hydrogens (tertiary/aromatic N) is 3. The number of likely N-dealkylation sites (tertiary alicyclic amines) is 1. The molecular formula is C21H41IN4O2. The lowest BCUT2D eigenvalue weighted by Crippen LogP contribution is -2.52. The summed E-state index contributed by atoms with van der Waals surface area (Å²) in [7, 11) is 4.40.